The smallest absolute Gasteiger partial charge is 0.243 e. The van der Waals surface area contributed by atoms with E-state index >= 15 is 0 Å². The number of likely N-dealkylation sites (tertiary alicyclic amines) is 1. The Balaban J connectivity index is 0.000000423. The number of nitrogens with zero attached hydrogens (tertiary/aromatic N) is 2. The molecule has 1 aromatic carbocycles. The van der Waals surface area contributed by atoms with Gasteiger partial charge in [0, 0.05) is 6.54 Å². The van der Waals surface area contributed by atoms with Crippen molar-refractivity contribution in [3.63, 3.8) is 0 Å². The number of aromatic nitrogens is 1. The van der Waals surface area contributed by atoms with Gasteiger partial charge < -0.3 is 15.5 Å². The van der Waals surface area contributed by atoms with Crippen LogP contribution < -0.4 is 10.6 Å². The van der Waals surface area contributed by atoms with Crippen molar-refractivity contribution in [1.29, 1.82) is 0 Å². The Morgan fingerprint density at radius 1 is 1.32 bits per heavy atom. The highest BCUT2D eigenvalue weighted by Gasteiger charge is 2.30. The summed E-state index contributed by atoms with van der Waals surface area (Å²) in [6, 6.07) is 7.77. The van der Waals surface area contributed by atoms with E-state index in [1.807, 2.05) is 38.5 Å². The third-order valence-electron chi connectivity index (χ3n) is 5.22. The van der Waals surface area contributed by atoms with E-state index in [1.165, 1.54) is 4.88 Å². The summed E-state index contributed by atoms with van der Waals surface area (Å²) < 4.78 is 0. The fraction of sp³-hybridized carbons (Fsp3) is 0.542. The number of carbonyl (C=O) groups is 2. The van der Waals surface area contributed by atoms with E-state index in [4.69, 9.17) is 0 Å². The summed E-state index contributed by atoms with van der Waals surface area (Å²) in [4.78, 5) is 30.4. The Labute approximate surface area is 190 Å². The minimum atomic E-state index is -0.330. The molecule has 0 saturated carbocycles. The highest BCUT2D eigenvalue weighted by Crippen LogP contribution is 2.28. The van der Waals surface area contributed by atoms with Gasteiger partial charge >= 0.3 is 0 Å². The van der Waals surface area contributed by atoms with Crippen LogP contribution in [0.5, 0.6) is 0 Å². The van der Waals surface area contributed by atoms with Crippen molar-refractivity contribution in [2.45, 2.75) is 59.5 Å². The van der Waals surface area contributed by atoms with Crippen molar-refractivity contribution >= 4 is 23.7 Å². The molecule has 0 spiro atoms. The highest BCUT2D eigenvalue weighted by molar-refractivity contribution is 7.13. The molecule has 1 saturated heterocycles. The number of hydrogen-bond acceptors (Lipinski definition) is 5. The van der Waals surface area contributed by atoms with E-state index in [9.17, 15) is 9.59 Å². The molecular formula is C24H36N4O2S. The van der Waals surface area contributed by atoms with Gasteiger partial charge in [0.1, 0.15) is 6.04 Å². The number of rotatable bonds is 6. The zero-order chi connectivity index (χ0) is 23.0. The molecule has 1 aliphatic rings. The summed E-state index contributed by atoms with van der Waals surface area (Å²) in [6.07, 6.45) is 2.39. The molecule has 0 bridgehead atoms. The predicted molar refractivity (Wildman–Crippen MR) is 128 cm³/mol. The van der Waals surface area contributed by atoms with Gasteiger partial charge in [-0.05, 0) is 56.8 Å². The quantitative estimate of drug-likeness (QED) is 0.656. The lowest BCUT2D eigenvalue weighted by atomic mass is 9.97. The van der Waals surface area contributed by atoms with Crippen LogP contribution in [0, 0.1) is 12.3 Å². The van der Waals surface area contributed by atoms with Gasteiger partial charge in [0.2, 0.25) is 12.3 Å². The number of amides is 2. The average Bonchev–Trinajstić information content (AvgIpc) is 3.36. The minimum Gasteiger partial charge on any atom is -0.348 e. The third-order valence-corrected chi connectivity index (χ3v) is 6.19. The summed E-state index contributed by atoms with van der Waals surface area (Å²) in [5.74, 6) is -0.0746. The molecule has 2 amide bonds. The Morgan fingerprint density at radius 2 is 2.00 bits per heavy atom. The second-order valence-electron chi connectivity index (χ2n) is 9.21. The number of aryl methyl sites for hydroxylation is 1. The second-order valence-corrected chi connectivity index (χ2v) is 10.1. The molecule has 0 aliphatic carbocycles. The lowest BCUT2D eigenvalue weighted by Crippen LogP contribution is -2.43. The van der Waals surface area contributed by atoms with Crippen molar-refractivity contribution in [2.24, 2.45) is 5.41 Å². The van der Waals surface area contributed by atoms with Gasteiger partial charge in [-0.25, -0.2) is 4.98 Å². The molecule has 6 nitrogen and oxygen atoms in total. The molecule has 2 aromatic rings. The molecule has 1 aromatic heterocycles. The fourth-order valence-corrected chi connectivity index (χ4v) is 4.43. The monoisotopic (exact) mass is 444 g/mol. The second kappa shape index (κ2) is 11.4. The van der Waals surface area contributed by atoms with Gasteiger partial charge in [0.05, 0.1) is 22.1 Å². The molecule has 0 radical (unpaired) electrons. The largest absolute Gasteiger partial charge is 0.348 e. The van der Waals surface area contributed by atoms with Gasteiger partial charge in [0.25, 0.3) is 0 Å². The van der Waals surface area contributed by atoms with Crippen molar-refractivity contribution in [3.8, 4) is 10.4 Å². The van der Waals surface area contributed by atoms with E-state index in [1.54, 1.807) is 16.2 Å². The number of carbonyl (C=O) groups excluding carboxylic acids is 2. The molecule has 2 atom stereocenters. The molecule has 7 heteroatoms. The van der Waals surface area contributed by atoms with Gasteiger partial charge in [-0.15, -0.1) is 11.3 Å². The van der Waals surface area contributed by atoms with Crippen LogP contribution in [-0.4, -0.2) is 48.4 Å². The number of thiazole rings is 1. The van der Waals surface area contributed by atoms with Crippen LogP contribution in [0.3, 0.4) is 0 Å². The normalized spacial score (nSPS) is 17.0. The Bertz CT molecular complexity index is 842. The molecule has 3 rings (SSSR count). The van der Waals surface area contributed by atoms with Crippen molar-refractivity contribution in [3.05, 3.63) is 41.0 Å². The minimum absolute atomic E-state index is 0.0746. The Morgan fingerprint density at radius 3 is 2.48 bits per heavy atom. The summed E-state index contributed by atoms with van der Waals surface area (Å²) in [5, 5.41) is 6.13. The number of nitrogens with one attached hydrogen (secondary N) is 2. The first-order valence-electron chi connectivity index (χ1n) is 10.8. The first-order valence-corrected chi connectivity index (χ1v) is 11.7. The zero-order valence-electron chi connectivity index (χ0n) is 19.6. The maximum Gasteiger partial charge on any atom is 0.243 e. The van der Waals surface area contributed by atoms with E-state index < -0.39 is 0 Å². The van der Waals surface area contributed by atoms with Gasteiger partial charge in [-0.3, -0.25) is 9.59 Å². The standard InChI is InChI=1S/C18H21N3O2S.C6H15N/c1-12(20-18(23)16-4-3-9-21(16)11-22)14-5-7-15(8-6-14)17-13(2)19-10-24-17;1-6(2,3)5-7-4/h5-8,10-12,16H,3-4,9H2,1-2H3,(H,20,23);7H,5H2,1-4H3. The molecule has 2 heterocycles. The lowest BCUT2D eigenvalue weighted by Gasteiger charge is -2.22. The lowest BCUT2D eigenvalue weighted by molar-refractivity contribution is -0.131. The van der Waals surface area contributed by atoms with Crippen LogP contribution in [-0.2, 0) is 9.59 Å². The Kier molecular flexibility index (Phi) is 9.19. The zero-order valence-corrected chi connectivity index (χ0v) is 20.4. The Hall–Kier alpha value is -2.25. The van der Waals surface area contributed by atoms with E-state index in [-0.39, 0.29) is 18.0 Å². The molecular weight excluding hydrogens is 408 g/mol. The van der Waals surface area contributed by atoms with E-state index in [0.717, 1.165) is 42.6 Å². The van der Waals surface area contributed by atoms with Crippen LogP contribution in [0.15, 0.2) is 29.8 Å². The SMILES string of the molecule is CNCC(C)(C)C.Cc1ncsc1-c1ccc(C(C)NC(=O)C2CCCN2C=O)cc1. The van der Waals surface area contributed by atoms with Crippen LogP contribution in [0.25, 0.3) is 10.4 Å². The summed E-state index contributed by atoms with van der Waals surface area (Å²) in [7, 11) is 1.98. The van der Waals surface area contributed by atoms with Crippen LogP contribution in [0.2, 0.25) is 0 Å². The van der Waals surface area contributed by atoms with Crippen LogP contribution in [0.4, 0.5) is 0 Å². The topological polar surface area (TPSA) is 74.3 Å². The van der Waals surface area contributed by atoms with Crippen molar-refractivity contribution in [2.75, 3.05) is 20.1 Å². The third kappa shape index (κ3) is 7.43. The molecule has 170 valence electrons. The summed E-state index contributed by atoms with van der Waals surface area (Å²) >= 11 is 1.63. The molecule has 1 aliphatic heterocycles. The van der Waals surface area contributed by atoms with Crippen molar-refractivity contribution in [1.82, 2.24) is 20.5 Å². The molecule has 31 heavy (non-hydrogen) atoms. The van der Waals surface area contributed by atoms with Gasteiger partial charge in [-0.2, -0.15) is 0 Å². The first kappa shape index (κ1) is 25.0. The first-order chi connectivity index (χ1) is 14.7. The summed E-state index contributed by atoms with van der Waals surface area (Å²) in [6.45, 7) is 12.4. The fourth-order valence-electron chi connectivity index (χ4n) is 3.62. The van der Waals surface area contributed by atoms with Crippen molar-refractivity contribution < 1.29 is 9.59 Å². The number of hydrogen-bond donors (Lipinski definition) is 2. The molecule has 2 N–H and O–H groups in total. The van der Waals surface area contributed by atoms with E-state index in [2.05, 4.69) is 48.5 Å². The maximum absolute atomic E-state index is 12.4. The highest BCUT2D eigenvalue weighted by atomic mass is 32.1. The average molecular weight is 445 g/mol. The van der Waals surface area contributed by atoms with Gasteiger partial charge in [0.15, 0.2) is 0 Å². The van der Waals surface area contributed by atoms with E-state index in [0.29, 0.717) is 12.0 Å². The molecule has 2 unspecified atom stereocenters. The molecule has 1 fully saturated rings. The number of benzene rings is 1. The van der Waals surface area contributed by atoms with Gasteiger partial charge in [-0.1, -0.05) is 45.0 Å². The van der Waals surface area contributed by atoms with Crippen LogP contribution >= 0.6 is 11.3 Å². The van der Waals surface area contributed by atoms with Crippen LogP contribution in [0.1, 0.15) is 57.8 Å². The summed E-state index contributed by atoms with van der Waals surface area (Å²) in [5.41, 5.74) is 5.51. The predicted octanol–water partition coefficient (Wildman–Crippen LogP) is 4.17. The maximum atomic E-state index is 12.4.